The number of anilines is 1. The van der Waals surface area contributed by atoms with Gasteiger partial charge in [0.15, 0.2) is 0 Å². The van der Waals surface area contributed by atoms with Crippen molar-refractivity contribution in [1.82, 2.24) is 0 Å². The standard InChI is InChI=1S/C20H15F2NO3S/c1-11-3-5-12(6-4-11)19(24)23(2)16-10-17(27-18(16)20(25)26)14-8-7-13(21)9-15(14)22/h3-10H,1-2H3,(H,25,26). The van der Waals surface area contributed by atoms with Crippen LogP contribution >= 0.6 is 11.3 Å². The molecule has 0 saturated heterocycles. The third kappa shape index (κ3) is 3.73. The molecule has 0 bridgehead atoms. The van der Waals surface area contributed by atoms with Gasteiger partial charge in [-0.1, -0.05) is 17.7 Å². The van der Waals surface area contributed by atoms with Crippen LogP contribution in [0.4, 0.5) is 14.5 Å². The van der Waals surface area contributed by atoms with Crippen molar-refractivity contribution in [3.63, 3.8) is 0 Å². The molecule has 1 heterocycles. The molecule has 0 atom stereocenters. The zero-order valence-electron chi connectivity index (χ0n) is 14.5. The van der Waals surface area contributed by atoms with Crippen molar-refractivity contribution in [1.29, 1.82) is 0 Å². The van der Waals surface area contributed by atoms with Crippen LogP contribution < -0.4 is 4.90 Å². The summed E-state index contributed by atoms with van der Waals surface area (Å²) in [5, 5.41) is 9.50. The number of halogens is 2. The van der Waals surface area contributed by atoms with Gasteiger partial charge < -0.3 is 10.0 Å². The largest absolute Gasteiger partial charge is 0.477 e. The molecule has 7 heteroatoms. The fourth-order valence-corrected chi connectivity index (χ4v) is 3.66. The molecule has 1 amide bonds. The number of rotatable bonds is 4. The van der Waals surface area contributed by atoms with Gasteiger partial charge in [0.1, 0.15) is 16.5 Å². The molecule has 0 aliphatic heterocycles. The predicted molar refractivity (Wildman–Crippen MR) is 101 cm³/mol. The van der Waals surface area contributed by atoms with Crippen molar-refractivity contribution in [2.45, 2.75) is 6.92 Å². The fourth-order valence-electron chi connectivity index (χ4n) is 2.61. The van der Waals surface area contributed by atoms with Gasteiger partial charge in [-0.05, 0) is 37.3 Å². The maximum absolute atomic E-state index is 14.1. The van der Waals surface area contributed by atoms with Crippen molar-refractivity contribution in [3.8, 4) is 10.4 Å². The summed E-state index contributed by atoms with van der Waals surface area (Å²) in [5.41, 5.74) is 1.62. The van der Waals surface area contributed by atoms with Gasteiger partial charge in [0.2, 0.25) is 0 Å². The molecule has 0 radical (unpaired) electrons. The highest BCUT2D eigenvalue weighted by molar-refractivity contribution is 7.18. The topological polar surface area (TPSA) is 57.6 Å². The van der Waals surface area contributed by atoms with E-state index in [1.807, 2.05) is 6.92 Å². The molecule has 1 aromatic heterocycles. The lowest BCUT2D eigenvalue weighted by Crippen LogP contribution is -2.27. The quantitative estimate of drug-likeness (QED) is 0.687. The lowest BCUT2D eigenvalue weighted by molar-refractivity contribution is 0.0703. The Labute approximate surface area is 158 Å². The van der Waals surface area contributed by atoms with E-state index in [1.54, 1.807) is 24.3 Å². The van der Waals surface area contributed by atoms with E-state index in [0.29, 0.717) is 10.4 Å². The minimum atomic E-state index is -1.23. The van der Waals surface area contributed by atoms with Crippen molar-refractivity contribution in [3.05, 3.63) is 76.2 Å². The van der Waals surface area contributed by atoms with Gasteiger partial charge in [0.05, 0.1) is 5.69 Å². The van der Waals surface area contributed by atoms with Crippen LogP contribution in [0.3, 0.4) is 0 Å². The SMILES string of the molecule is Cc1ccc(C(=O)N(C)c2cc(-c3ccc(F)cc3F)sc2C(=O)O)cc1. The van der Waals surface area contributed by atoms with E-state index in [1.165, 1.54) is 24.1 Å². The van der Waals surface area contributed by atoms with Crippen LogP contribution in [0, 0.1) is 18.6 Å². The van der Waals surface area contributed by atoms with Crippen molar-refractivity contribution in [2.24, 2.45) is 0 Å². The minimum Gasteiger partial charge on any atom is -0.477 e. The van der Waals surface area contributed by atoms with Crippen molar-refractivity contribution >= 4 is 28.9 Å². The molecule has 0 aliphatic carbocycles. The number of nitrogens with zero attached hydrogens (tertiary/aromatic N) is 1. The van der Waals surface area contributed by atoms with Crippen LogP contribution in [-0.2, 0) is 0 Å². The number of benzene rings is 2. The highest BCUT2D eigenvalue weighted by Crippen LogP contribution is 2.38. The number of carbonyl (C=O) groups excluding carboxylic acids is 1. The van der Waals surface area contributed by atoms with E-state index < -0.39 is 17.6 Å². The maximum Gasteiger partial charge on any atom is 0.348 e. The number of carboxylic acids is 1. The second-order valence-corrected chi connectivity index (χ2v) is 7.04. The van der Waals surface area contributed by atoms with E-state index in [9.17, 15) is 23.5 Å². The Morgan fingerprint density at radius 1 is 1.04 bits per heavy atom. The second-order valence-electron chi connectivity index (χ2n) is 5.98. The summed E-state index contributed by atoms with van der Waals surface area (Å²) in [6.07, 6.45) is 0. The molecule has 3 aromatic rings. The zero-order valence-corrected chi connectivity index (χ0v) is 15.3. The highest BCUT2D eigenvalue weighted by atomic mass is 32.1. The third-order valence-electron chi connectivity index (χ3n) is 4.07. The Morgan fingerprint density at radius 2 is 1.70 bits per heavy atom. The number of amides is 1. The van der Waals surface area contributed by atoms with Gasteiger partial charge >= 0.3 is 5.97 Å². The Bertz CT molecular complexity index is 1030. The highest BCUT2D eigenvalue weighted by Gasteiger charge is 2.24. The Kier molecular flexibility index (Phi) is 5.05. The molecule has 4 nitrogen and oxygen atoms in total. The van der Waals surface area contributed by atoms with Gasteiger partial charge in [-0.15, -0.1) is 11.3 Å². The summed E-state index contributed by atoms with van der Waals surface area (Å²) in [7, 11) is 1.46. The molecule has 0 spiro atoms. The number of hydrogen-bond acceptors (Lipinski definition) is 3. The molecule has 1 N–H and O–H groups in total. The summed E-state index contributed by atoms with van der Waals surface area (Å²) in [6.45, 7) is 1.89. The molecule has 27 heavy (non-hydrogen) atoms. The Balaban J connectivity index is 2.04. The van der Waals surface area contributed by atoms with Crippen LogP contribution in [0.5, 0.6) is 0 Å². The fraction of sp³-hybridized carbons (Fsp3) is 0.100. The smallest absolute Gasteiger partial charge is 0.348 e. The first-order valence-corrected chi connectivity index (χ1v) is 8.77. The van der Waals surface area contributed by atoms with Gasteiger partial charge in [0.25, 0.3) is 5.91 Å². The van der Waals surface area contributed by atoms with E-state index >= 15 is 0 Å². The Hall–Kier alpha value is -3.06. The molecule has 0 fully saturated rings. The maximum atomic E-state index is 14.1. The minimum absolute atomic E-state index is 0.0753. The van der Waals surface area contributed by atoms with E-state index in [2.05, 4.69) is 0 Å². The van der Waals surface area contributed by atoms with Gasteiger partial charge in [0, 0.05) is 29.1 Å². The van der Waals surface area contributed by atoms with E-state index in [0.717, 1.165) is 29.0 Å². The van der Waals surface area contributed by atoms with Gasteiger partial charge in [-0.25, -0.2) is 13.6 Å². The van der Waals surface area contributed by atoms with Crippen molar-refractivity contribution < 1.29 is 23.5 Å². The predicted octanol–water partition coefficient (Wildman–Crippen LogP) is 4.98. The monoisotopic (exact) mass is 387 g/mol. The van der Waals surface area contributed by atoms with Crippen LogP contribution in [0.25, 0.3) is 10.4 Å². The molecule has 138 valence electrons. The number of hydrogen-bond donors (Lipinski definition) is 1. The molecular weight excluding hydrogens is 372 g/mol. The van der Waals surface area contributed by atoms with Crippen LogP contribution in [0.1, 0.15) is 25.6 Å². The average molecular weight is 387 g/mol. The summed E-state index contributed by atoms with van der Waals surface area (Å²) in [4.78, 5) is 25.7. The summed E-state index contributed by atoms with van der Waals surface area (Å²) >= 11 is 0.828. The molecule has 0 aliphatic rings. The first kappa shape index (κ1) is 18.7. The van der Waals surface area contributed by atoms with E-state index in [-0.39, 0.29) is 22.0 Å². The molecule has 3 rings (SSSR count). The Morgan fingerprint density at radius 3 is 2.30 bits per heavy atom. The van der Waals surface area contributed by atoms with Crippen LogP contribution in [0.2, 0.25) is 0 Å². The summed E-state index contributed by atoms with van der Waals surface area (Å²) in [5.74, 6) is -3.14. The first-order valence-electron chi connectivity index (χ1n) is 7.95. The lowest BCUT2D eigenvalue weighted by Gasteiger charge is -2.17. The first-order chi connectivity index (χ1) is 12.8. The number of thiophene rings is 1. The van der Waals surface area contributed by atoms with Gasteiger partial charge in [-0.2, -0.15) is 0 Å². The number of aromatic carboxylic acids is 1. The average Bonchev–Trinajstić information content (AvgIpc) is 3.06. The number of carbonyl (C=O) groups is 2. The third-order valence-corrected chi connectivity index (χ3v) is 5.21. The molecule has 0 saturated carbocycles. The van der Waals surface area contributed by atoms with E-state index in [4.69, 9.17) is 0 Å². The molecule has 0 unspecified atom stereocenters. The number of carboxylic acid groups (broad SMARTS) is 1. The normalized spacial score (nSPS) is 10.7. The second kappa shape index (κ2) is 7.28. The number of aryl methyl sites for hydroxylation is 1. The van der Waals surface area contributed by atoms with Crippen LogP contribution in [-0.4, -0.2) is 24.0 Å². The van der Waals surface area contributed by atoms with Crippen molar-refractivity contribution in [2.75, 3.05) is 11.9 Å². The summed E-state index contributed by atoms with van der Waals surface area (Å²) in [6, 6.07) is 11.4. The molecule has 2 aromatic carbocycles. The summed E-state index contributed by atoms with van der Waals surface area (Å²) < 4.78 is 27.2. The molecular formula is C20H15F2NO3S. The zero-order chi connectivity index (χ0) is 19.7. The van der Waals surface area contributed by atoms with Gasteiger partial charge in [-0.3, -0.25) is 4.79 Å². The lowest BCUT2D eigenvalue weighted by atomic mass is 10.1. The van der Waals surface area contributed by atoms with Crippen LogP contribution in [0.15, 0.2) is 48.5 Å².